The zero-order valence-electron chi connectivity index (χ0n) is 65.8. The van der Waals surface area contributed by atoms with Gasteiger partial charge in [-0.15, -0.1) is 52.7 Å². The zero-order valence-corrected chi connectivity index (χ0v) is 69.4. The van der Waals surface area contributed by atoms with Crippen molar-refractivity contribution in [1.82, 2.24) is 68.1 Å². The van der Waals surface area contributed by atoms with Gasteiger partial charge in [-0.05, 0) is 149 Å². The molecule has 8 aromatic rings. The number of hydrogen-bond acceptors (Lipinski definition) is 27. The van der Waals surface area contributed by atoms with Crippen LogP contribution < -0.4 is 26.8 Å². The van der Waals surface area contributed by atoms with Crippen LogP contribution in [-0.2, 0) is 25.4 Å². The third-order valence-electron chi connectivity index (χ3n) is 19.8. The van der Waals surface area contributed by atoms with Gasteiger partial charge < -0.3 is 86.6 Å². The number of methoxy groups -OCH3 is 1. The van der Waals surface area contributed by atoms with Gasteiger partial charge in [-0.1, -0.05) is 44.1 Å². The van der Waals surface area contributed by atoms with Crippen molar-refractivity contribution < 1.29 is 64.5 Å². The fourth-order valence-electron chi connectivity index (χ4n) is 13.1. The number of aromatic nitrogens is 14. The molecule has 31 nitrogen and oxygen atoms in total. The largest absolute Gasteiger partial charge is 0.467 e. The van der Waals surface area contributed by atoms with Crippen molar-refractivity contribution in [3.63, 3.8) is 0 Å². The molecule has 14 N–H and O–H groups in total. The van der Waals surface area contributed by atoms with Gasteiger partial charge in [0, 0.05) is 31.9 Å². The van der Waals surface area contributed by atoms with Crippen molar-refractivity contribution in [3.05, 3.63) is 78.5 Å². The Kier molecular flexibility index (Phi) is 29.0. The molecule has 16 atom stereocenters. The predicted octanol–water partition coefficient (Wildman–Crippen LogP) is 6.97. The summed E-state index contributed by atoms with van der Waals surface area (Å²) in [6.07, 6.45) is 24.8. The molecule has 0 aromatic carbocycles. The lowest BCUT2D eigenvalue weighted by Crippen LogP contribution is -2.32. The lowest BCUT2D eigenvalue weighted by atomic mass is 10.1. The number of fused-ring (bicyclic) bond motifs is 4. The monoisotopic (exact) mass is 1590 g/mol. The van der Waals surface area contributed by atoms with Crippen LogP contribution in [0.1, 0.15) is 110 Å². The first-order valence-electron chi connectivity index (χ1n) is 37.0. The molecule has 4 aliphatic rings. The highest BCUT2D eigenvalue weighted by Gasteiger charge is 2.48. The number of aliphatic hydroxyl groups excluding tert-OH is 8. The molecule has 4 unspecified atom stereocenters. The van der Waals surface area contributed by atoms with Crippen LogP contribution in [0.2, 0.25) is 0 Å². The van der Waals surface area contributed by atoms with E-state index in [1.165, 1.54) is 24.6 Å². The van der Waals surface area contributed by atoms with Crippen molar-refractivity contribution in [1.29, 1.82) is 0 Å². The van der Waals surface area contributed by atoms with Gasteiger partial charge in [0.05, 0.1) is 55.6 Å². The highest BCUT2D eigenvalue weighted by molar-refractivity contribution is 7.73. The van der Waals surface area contributed by atoms with Crippen LogP contribution in [0.4, 0.5) is 23.0 Å². The normalized spacial score (nSPS) is 26.2. The molecule has 8 aromatic heterocycles. The third kappa shape index (κ3) is 21.3. The first-order valence-corrected chi connectivity index (χ1v) is 49.2. The molecule has 109 heavy (non-hydrogen) atoms. The number of nitrogens with two attached hydrogens (primary N) is 2. The van der Waals surface area contributed by atoms with Gasteiger partial charge in [-0.2, -0.15) is 9.97 Å². The first-order chi connectivity index (χ1) is 51.3. The summed E-state index contributed by atoms with van der Waals surface area (Å²) in [6, 6.07) is 3.56. The second-order valence-corrected chi connectivity index (χ2v) is 48.7. The number of allylic oxidation sites excluding steroid dienone is 2. The summed E-state index contributed by atoms with van der Waals surface area (Å²) < 4.78 is 36.2. The van der Waals surface area contributed by atoms with E-state index in [-0.39, 0.29) is 6.01 Å². The highest BCUT2D eigenvalue weighted by Crippen LogP contribution is 2.45. The Morgan fingerprint density at radius 3 is 1.29 bits per heavy atom. The molecule has 12 rings (SSSR count). The second-order valence-electron chi connectivity index (χ2n) is 31.4. The number of imidazole rings is 4. The van der Waals surface area contributed by atoms with Crippen LogP contribution in [0.5, 0.6) is 6.01 Å². The maximum absolute atomic E-state index is 10.7. The third-order valence-corrected chi connectivity index (χ3v) is 25.6. The fourth-order valence-corrected chi connectivity index (χ4v) is 16.9. The van der Waals surface area contributed by atoms with E-state index < -0.39 is 126 Å². The molecule has 4 aliphatic heterocycles. The summed E-state index contributed by atoms with van der Waals surface area (Å²) in [5, 5.41) is 90.7. The number of pyridine rings is 2. The first kappa shape index (κ1) is 86.5. The Hall–Kier alpha value is -6.46. The minimum absolute atomic E-state index is 0.182. The van der Waals surface area contributed by atoms with Gasteiger partial charge in [0.25, 0.3) is 0 Å². The van der Waals surface area contributed by atoms with Crippen LogP contribution in [0, 0.1) is 6.92 Å². The quantitative estimate of drug-likeness (QED) is 0.0192. The van der Waals surface area contributed by atoms with E-state index in [9.17, 15) is 40.9 Å². The Morgan fingerprint density at radius 2 is 0.872 bits per heavy atom. The topological polar surface area (TPSA) is 433 Å². The molecule has 0 spiro atoms. The minimum atomic E-state index is -1.26. The number of anilines is 4. The van der Waals surface area contributed by atoms with Crippen LogP contribution >= 0.6 is 27.5 Å². The van der Waals surface area contributed by atoms with E-state index in [0.717, 1.165) is 43.3 Å². The number of aliphatic hydroxyl groups is 8. The summed E-state index contributed by atoms with van der Waals surface area (Å²) in [5.74, 6) is 2.52. The van der Waals surface area contributed by atoms with E-state index in [4.69, 9.17) is 35.2 Å². The van der Waals surface area contributed by atoms with Gasteiger partial charge in [0.15, 0.2) is 70.2 Å². The van der Waals surface area contributed by atoms with E-state index in [0.29, 0.717) is 119 Å². The van der Waals surface area contributed by atoms with Crippen molar-refractivity contribution in [2.75, 3.05) is 120 Å². The molecule has 0 amide bonds. The van der Waals surface area contributed by atoms with Crippen LogP contribution in [-0.4, -0.2) is 306 Å². The summed E-state index contributed by atoms with van der Waals surface area (Å²) in [7, 11) is 1.50. The smallest absolute Gasteiger partial charge is 0.320 e. The second kappa shape index (κ2) is 36.6. The van der Waals surface area contributed by atoms with Crippen molar-refractivity contribution in [2.45, 2.75) is 185 Å². The molecule has 0 radical (unpaired) electrons. The summed E-state index contributed by atoms with van der Waals surface area (Å²) >= 11 is 0. The molecule has 12 heterocycles. The summed E-state index contributed by atoms with van der Waals surface area (Å²) in [6.45, 7) is 25.6. The molecule has 602 valence electrons. The lowest BCUT2D eigenvalue weighted by molar-refractivity contribution is -0.0367. The molecule has 4 fully saturated rings. The number of nitrogen functional groups attached to an aromatic ring is 2. The Balaban J connectivity index is 0.000000168. The van der Waals surface area contributed by atoms with Gasteiger partial charge in [0.2, 0.25) is 0 Å². The highest BCUT2D eigenvalue weighted by atomic mass is 31.2. The average molecular weight is 1590 g/mol. The van der Waals surface area contributed by atoms with Crippen molar-refractivity contribution >= 4 is 120 Å². The Labute approximate surface area is 639 Å². The molecule has 0 aliphatic carbocycles. The van der Waals surface area contributed by atoms with Crippen LogP contribution in [0.25, 0.3) is 44.7 Å². The Morgan fingerprint density at radius 1 is 0.486 bits per heavy atom. The van der Waals surface area contributed by atoms with Crippen LogP contribution in [0.3, 0.4) is 0 Å². The number of nitrogens with zero attached hydrogens (tertiary/aromatic N) is 14. The van der Waals surface area contributed by atoms with E-state index >= 15 is 0 Å². The molecule has 35 heteroatoms. The zero-order chi connectivity index (χ0) is 79.9. The number of rotatable bonds is 26. The van der Waals surface area contributed by atoms with Crippen molar-refractivity contribution in [3.8, 4) is 6.01 Å². The molecular formula is C74H118N18O13P4. The van der Waals surface area contributed by atoms with E-state index in [1.54, 1.807) is 55.4 Å². The number of nitrogens with one attached hydrogen (secondary N) is 2. The van der Waals surface area contributed by atoms with E-state index in [2.05, 4.69) is 179 Å². The number of hydrogen-bond donors (Lipinski definition) is 12. The van der Waals surface area contributed by atoms with E-state index in [1.807, 2.05) is 13.8 Å². The van der Waals surface area contributed by atoms with Gasteiger partial charge in [0.1, 0.15) is 77.8 Å². The standard InChI is InChI=1S/C21H34N5O4P.C20H32N5O3P.C17H27N4O3P.C16H25N4O3P/c1-7-13(2)8-10-22-18-15-19(25-21(24-18)29-3)26(12-23-15)20-17(28)16(27)14(30-20)9-11-31(4,5)6;1-6-13(2)7-9-21-18-15-19(23-11-22-18)25(12-24-15)20-17(27)16(26)14(28-20)8-10-29(3,4)5;1-5-12-20-13-10(18)6-8-19-16(13)21(12)17-15(23)14(22)11(24-17)7-9-25(2,3)4;1-9-19-12-10(17)5-7-18-15(12)20(9)16-14(22)13(21)11(23-16)6-8-24(2,3)4/h8,12,14,16-17,20,27-28H,4,7,9-11H2,1-3,5-6H3,(H,22,24,25);7,11-12,14,16-17,20,26-27H,3,6,8-10H2,1-2,4-5H3,(H,21,22,23);6,8,11,14-15,17,22-23H,2,5,7,9H2,1,3-4H3,(H2,18,19);5,7,11,13-14,16,21-22H,2,6,8H2,1,3-4H3,(H2,17,18)/b13-8-;13-7-;;/t2*14-,16-,17-,20?;11-,14-,15-,17?;11-,13-,14-,16?/m1111/s1. The SMILES string of the molecule is C=P(C)(C)CC[C@H]1OC(n2c(C)nc3c(N)ccnc32)[C@H](O)[C@@H]1O.C=P(C)(C)CC[C@H]1OC(n2c(CC)nc3c(N)ccnc32)[C@H](O)[C@@H]1O.C=P(C)(C)CC[C@H]1OC(n2cnc3c(NC/C=C(/C)CC)nc(OC)nc32)[C@H](O)[C@@H]1O.C=P(C)(C)CC[C@H]1OC(n2cnc3c(NC/C=C(/C)CC)ncnc32)[C@H](O)[C@@H]1O. The van der Waals surface area contributed by atoms with Crippen molar-refractivity contribution in [2.24, 2.45) is 0 Å². The fraction of sp³-hybridized carbons (Fsp3) is 0.595. The number of ether oxygens (including phenoxy) is 5. The maximum atomic E-state index is 10.7. The predicted molar refractivity (Wildman–Crippen MR) is 445 cm³/mol. The molecular weight excluding hydrogens is 1470 g/mol. The Bertz CT molecular complexity index is 4680. The molecule has 0 bridgehead atoms. The average Bonchev–Trinajstić information content (AvgIpc) is 1.62. The minimum Gasteiger partial charge on any atom is -0.467 e. The van der Waals surface area contributed by atoms with Crippen LogP contribution in [0.15, 0.2) is 66.8 Å². The number of aryl methyl sites for hydroxylation is 2. The maximum Gasteiger partial charge on any atom is 0.320 e. The lowest BCUT2D eigenvalue weighted by Gasteiger charge is -2.19. The molecule has 4 saturated heterocycles. The summed E-state index contributed by atoms with van der Waals surface area (Å²) in [4.78, 5) is 44.0. The summed E-state index contributed by atoms with van der Waals surface area (Å²) in [5.41, 5.74) is 20.0. The van der Waals surface area contributed by atoms with Gasteiger partial charge >= 0.3 is 6.01 Å². The van der Waals surface area contributed by atoms with Gasteiger partial charge in [-0.3, -0.25) is 18.3 Å². The van der Waals surface area contributed by atoms with Gasteiger partial charge in [-0.25, -0.2) is 39.9 Å². The molecule has 0 saturated carbocycles.